The van der Waals surface area contributed by atoms with Crippen LogP contribution < -0.4 is 0 Å². The summed E-state index contributed by atoms with van der Waals surface area (Å²) < 4.78 is 0. The average molecular weight is 145 g/mol. The van der Waals surface area contributed by atoms with Crippen molar-refractivity contribution in [3.05, 3.63) is 0 Å². The van der Waals surface area contributed by atoms with Gasteiger partial charge in [0.1, 0.15) is 0 Å². The van der Waals surface area contributed by atoms with E-state index in [2.05, 4.69) is 11.6 Å². The predicted molar refractivity (Wildman–Crippen MR) is 22.9 cm³/mol. The van der Waals surface area contributed by atoms with Gasteiger partial charge in [-0.25, -0.2) is 0 Å². The van der Waals surface area contributed by atoms with E-state index in [0.29, 0.717) is 0 Å². The summed E-state index contributed by atoms with van der Waals surface area (Å²) in [7, 11) is 0. The van der Waals surface area contributed by atoms with Gasteiger partial charge in [-0.05, 0) is 11.6 Å². The molecule has 0 aromatic heterocycles. The van der Waals surface area contributed by atoms with Crippen molar-refractivity contribution in [3.63, 3.8) is 0 Å². The van der Waals surface area contributed by atoms with E-state index in [1.54, 1.807) is 0 Å². The van der Waals surface area contributed by atoms with Gasteiger partial charge in [-0.1, -0.05) is 0 Å². The largest absolute Gasteiger partial charge is 0.285 e. The topological polar surface area (TPSA) is 17.1 Å². The second-order valence-corrected chi connectivity index (χ2v) is 0.267. The highest BCUT2D eigenvalue weighted by Crippen LogP contribution is 1.42. The van der Waals surface area contributed by atoms with Crippen LogP contribution in [0.1, 0.15) is 0 Å². The Kier molecular flexibility index (Phi) is 21.8. The summed E-state index contributed by atoms with van der Waals surface area (Å²) in [5, 5.41) is 0. The first kappa shape index (κ1) is 8.83. The summed E-state index contributed by atoms with van der Waals surface area (Å²) in [6, 6.07) is 0. The molecule has 0 aliphatic heterocycles. The van der Waals surface area contributed by atoms with Gasteiger partial charge >= 0.3 is 0 Å². The molecular weight excluding hydrogens is 143 g/mol. The molecule has 0 heterocycles. The fourth-order valence-electron chi connectivity index (χ4n) is 0. The number of hydrogen-bond donors (Lipinski definition) is 0. The fraction of sp³-hybridized carbons (Fsp3) is 0. The van der Waals surface area contributed by atoms with Crippen LogP contribution in [-0.2, 0) is 4.79 Å². The predicted octanol–water partition coefficient (Wildman–Crippen LogP) is 0.993. The number of carbonyl (C=O) groups excluding carboxylic acids is 1. The minimum atomic E-state index is 0. The Labute approximate surface area is 39.7 Å². The van der Waals surface area contributed by atoms with Crippen molar-refractivity contribution in [3.8, 4) is 0 Å². The van der Waals surface area contributed by atoms with Crippen molar-refractivity contribution < 1.29 is 4.79 Å². The zero-order valence-electron chi connectivity index (χ0n) is 1.77. The molecule has 0 atom stereocenters. The van der Waals surface area contributed by atoms with Crippen LogP contribution in [0.5, 0.6) is 0 Å². The Morgan fingerprint density at radius 1 is 1.75 bits per heavy atom. The molecule has 0 bridgehead atoms. The van der Waals surface area contributed by atoms with Gasteiger partial charge in [0.05, 0.1) is 0 Å². The molecule has 3 heteroatoms. The van der Waals surface area contributed by atoms with E-state index in [4.69, 9.17) is 4.79 Å². The first-order chi connectivity index (χ1) is 1.41. The number of halogens is 2. The number of rotatable bonds is 0. The van der Waals surface area contributed by atoms with E-state index >= 15 is 0 Å². The lowest BCUT2D eigenvalue weighted by Gasteiger charge is -1.20. The zero-order chi connectivity index (χ0) is 2.71. The maximum Gasteiger partial charge on any atom is 0.208 e. The Morgan fingerprint density at radius 2 is 1.75 bits per heavy atom. The maximum atomic E-state index is 8.57. The summed E-state index contributed by atoms with van der Waals surface area (Å²) >= 11 is 4.32. The lowest BCUT2D eigenvalue weighted by molar-refractivity contribution is 0.569. The summed E-state index contributed by atoms with van der Waals surface area (Å²) in [5.74, 6) is 0.222. The molecule has 0 aromatic rings. The SMILES string of the molecule is Br.O=CCl. The highest BCUT2D eigenvalue weighted by Gasteiger charge is 1.28. The van der Waals surface area contributed by atoms with E-state index < -0.39 is 0 Å². The van der Waals surface area contributed by atoms with Crippen LogP contribution in [0.2, 0.25) is 0 Å². The third kappa shape index (κ3) is 26.1. The fourth-order valence-corrected chi connectivity index (χ4v) is 0. The molecule has 0 unspecified atom stereocenters. The van der Waals surface area contributed by atoms with Crippen LogP contribution in [0, 0.1) is 0 Å². The summed E-state index contributed by atoms with van der Waals surface area (Å²) in [4.78, 5) is 8.57. The first-order valence-electron chi connectivity index (χ1n) is 0.454. The van der Waals surface area contributed by atoms with E-state index in [1.807, 2.05) is 0 Å². The van der Waals surface area contributed by atoms with Gasteiger partial charge in [0.2, 0.25) is 5.75 Å². The molecule has 0 spiro atoms. The molecule has 0 aliphatic rings. The van der Waals surface area contributed by atoms with E-state index in [1.165, 1.54) is 0 Å². The van der Waals surface area contributed by atoms with E-state index in [0.717, 1.165) is 0 Å². The lowest BCUT2D eigenvalue weighted by atomic mass is 11.8. The van der Waals surface area contributed by atoms with Crippen LogP contribution in [0.25, 0.3) is 0 Å². The van der Waals surface area contributed by atoms with Crippen molar-refractivity contribution in [1.29, 1.82) is 0 Å². The molecule has 0 aromatic carbocycles. The Balaban J connectivity index is 0. The van der Waals surface area contributed by atoms with Crippen LogP contribution in [0.4, 0.5) is 0 Å². The number of carbonyl (C=O) groups is 1. The van der Waals surface area contributed by atoms with Gasteiger partial charge in [0, 0.05) is 0 Å². The molecule has 0 saturated heterocycles. The quantitative estimate of drug-likeness (QED) is 0.367. The maximum absolute atomic E-state index is 8.57. The molecule has 1 nitrogen and oxygen atoms in total. The van der Waals surface area contributed by atoms with Crippen molar-refractivity contribution in [1.82, 2.24) is 0 Å². The van der Waals surface area contributed by atoms with E-state index in [-0.39, 0.29) is 22.7 Å². The zero-order valence-corrected chi connectivity index (χ0v) is 4.24. The van der Waals surface area contributed by atoms with Crippen LogP contribution in [0.15, 0.2) is 0 Å². The van der Waals surface area contributed by atoms with Gasteiger partial charge in [0.15, 0.2) is 0 Å². The van der Waals surface area contributed by atoms with Crippen LogP contribution in [0.3, 0.4) is 0 Å². The van der Waals surface area contributed by atoms with Crippen molar-refractivity contribution in [2.24, 2.45) is 0 Å². The second kappa shape index (κ2) is 9.88. The second-order valence-electron chi connectivity index (χ2n) is 0.0891. The van der Waals surface area contributed by atoms with Crippen molar-refractivity contribution in [2.45, 2.75) is 0 Å². The minimum Gasteiger partial charge on any atom is -0.285 e. The molecule has 0 saturated carbocycles. The van der Waals surface area contributed by atoms with Crippen LogP contribution >= 0.6 is 28.6 Å². The molecule has 0 N–H and O–H groups in total. The van der Waals surface area contributed by atoms with Gasteiger partial charge in [-0.15, -0.1) is 17.0 Å². The lowest BCUT2D eigenvalue weighted by Crippen LogP contribution is -1.24. The molecule has 0 amide bonds. The molecule has 4 heavy (non-hydrogen) atoms. The third-order valence-corrected chi connectivity index (χ3v) is 0. The minimum absolute atomic E-state index is 0. The van der Waals surface area contributed by atoms with Gasteiger partial charge in [-0.2, -0.15) is 0 Å². The van der Waals surface area contributed by atoms with Crippen molar-refractivity contribution >= 4 is 34.3 Å². The molecule has 26 valence electrons. The first-order valence-corrected chi connectivity index (χ1v) is 0.890. The number of hydrogen-bond acceptors (Lipinski definition) is 1. The molecule has 0 aliphatic carbocycles. The summed E-state index contributed by atoms with van der Waals surface area (Å²) in [6.45, 7) is 0. The van der Waals surface area contributed by atoms with Gasteiger partial charge in [-0.3, -0.25) is 4.79 Å². The Bertz CT molecular complexity index is 15.5. The Hall–Kier alpha value is 0.440. The Morgan fingerprint density at radius 3 is 1.75 bits per heavy atom. The van der Waals surface area contributed by atoms with Crippen LogP contribution in [-0.4, -0.2) is 5.75 Å². The van der Waals surface area contributed by atoms with Crippen molar-refractivity contribution in [2.75, 3.05) is 0 Å². The third-order valence-electron chi connectivity index (χ3n) is 0. The monoisotopic (exact) mass is 144 g/mol. The van der Waals surface area contributed by atoms with Gasteiger partial charge in [0.25, 0.3) is 0 Å². The standard InChI is InChI=1S/CHClO.BrH/c2-1-3;/h1H;1H. The summed E-state index contributed by atoms with van der Waals surface area (Å²) in [6.07, 6.45) is 0. The molecule has 0 fully saturated rings. The van der Waals surface area contributed by atoms with E-state index in [9.17, 15) is 0 Å². The average Bonchev–Trinajstić information content (AvgIpc) is 0.918. The van der Waals surface area contributed by atoms with Gasteiger partial charge < -0.3 is 0 Å². The summed E-state index contributed by atoms with van der Waals surface area (Å²) in [5.41, 5.74) is 0. The normalized spacial score (nSPS) is 3.25. The smallest absolute Gasteiger partial charge is 0.208 e. The molecule has 0 radical (unpaired) electrons. The molecular formula is CH2BrClO. The highest BCUT2D eigenvalue weighted by atomic mass is 79.9. The molecule has 0 rings (SSSR count). The highest BCUT2D eigenvalue weighted by molar-refractivity contribution is 8.93.